The quantitative estimate of drug-likeness (QED) is 0.739. The standard InChI is InChI=1S/C11H10ClNOS/c1-7-6-13-8(2)11-5-9(14-15-12)3-4-10(7)11/h3-6H,1-2H3. The van der Waals surface area contributed by atoms with E-state index in [-0.39, 0.29) is 0 Å². The minimum Gasteiger partial charge on any atom is -0.409 e. The van der Waals surface area contributed by atoms with Crippen LogP contribution in [0.1, 0.15) is 11.3 Å². The van der Waals surface area contributed by atoms with Crippen LogP contribution in [-0.4, -0.2) is 4.98 Å². The molecule has 1 aromatic carbocycles. The molecule has 2 rings (SSSR count). The molecular weight excluding hydrogens is 230 g/mol. The highest BCUT2D eigenvalue weighted by Gasteiger charge is 2.03. The van der Waals surface area contributed by atoms with E-state index in [1.165, 1.54) is 10.9 Å². The SMILES string of the molecule is Cc1cnc(C)c2cc(OSCl)ccc12. The maximum Gasteiger partial charge on any atom is 0.166 e. The third-order valence-corrected chi connectivity index (χ3v) is 2.83. The molecule has 0 unspecified atom stereocenters. The van der Waals surface area contributed by atoms with Crippen molar-refractivity contribution in [2.24, 2.45) is 0 Å². The fraction of sp³-hybridized carbons (Fsp3) is 0.182. The summed E-state index contributed by atoms with van der Waals surface area (Å²) in [5, 5.41) is 2.31. The first-order chi connectivity index (χ1) is 7.22. The molecule has 78 valence electrons. The summed E-state index contributed by atoms with van der Waals surface area (Å²) in [4.78, 5) is 4.31. The molecule has 1 aromatic heterocycles. The molecule has 0 amide bonds. The van der Waals surface area contributed by atoms with E-state index in [0.29, 0.717) is 0 Å². The van der Waals surface area contributed by atoms with Gasteiger partial charge in [0.15, 0.2) is 11.3 Å². The van der Waals surface area contributed by atoms with E-state index in [4.69, 9.17) is 14.9 Å². The Kier molecular flexibility index (Phi) is 3.03. The second-order valence-electron chi connectivity index (χ2n) is 3.38. The third-order valence-electron chi connectivity index (χ3n) is 2.39. The van der Waals surface area contributed by atoms with E-state index in [9.17, 15) is 0 Å². The lowest BCUT2D eigenvalue weighted by molar-refractivity contribution is 0.657. The van der Waals surface area contributed by atoms with Crippen LogP contribution in [-0.2, 0) is 0 Å². The van der Waals surface area contributed by atoms with Gasteiger partial charge in [0.05, 0.1) is 0 Å². The van der Waals surface area contributed by atoms with Crippen LogP contribution >= 0.6 is 21.9 Å². The molecule has 0 aliphatic rings. The lowest BCUT2D eigenvalue weighted by atomic mass is 10.1. The molecule has 0 aliphatic heterocycles. The zero-order chi connectivity index (χ0) is 10.8. The number of pyridine rings is 1. The molecule has 0 spiro atoms. The number of rotatable bonds is 2. The Morgan fingerprint density at radius 1 is 1.27 bits per heavy atom. The highest BCUT2D eigenvalue weighted by molar-refractivity contribution is 8.17. The van der Waals surface area contributed by atoms with Crippen molar-refractivity contribution in [3.05, 3.63) is 35.7 Å². The van der Waals surface area contributed by atoms with Crippen molar-refractivity contribution in [3.63, 3.8) is 0 Å². The maximum absolute atomic E-state index is 5.44. The first-order valence-corrected chi connectivity index (χ1v) is 6.10. The summed E-state index contributed by atoms with van der Waals surface area (Å²) in [6, 6.07) is 5.89. The third kappa shape index (κ3) is 2.03. The van der Waals surface area contributed by atoms with Crippen molar-refractivity contribution in [3.8, 4) is 5.75 Å². The number of halogens is 1. The van der Waals surface area contributed by atoms with Crippen LogP contribution in [0, 0.1) is 13.8 Å². The van der Waals surface area contributed by atoms with Crippen LogP contribution in [0.25, 0.3) is 10.8 Å². The van der Waals surface area contributed by atoms with Gasteiger partial charge in [-0.1, -0.05) is 6.07 Å². The normalized spacial score (nSPS) is 10.6. The average molecular weight is 240 g/mol. The van der Waals surface area contributed by atoms with Gasteiger partial charge in [0.1, 0.15) is 5.75 Å². The number of hydrogen-bond acceptors (Lipinski definition) is 3. The summed E-state index contributed by atoms with van der Waals surface area (Å²) in [6.45, 7) is 4.03. The molecule has 0 radical (unpaired) electrons. The summed E-state index contributed by atoms with van der Waals surface area (Å²) in [6.07, 6.45) is 1.88. The number of aryl methyl sites for hydroxylation is 2. The second-order valence-corrected chi connectivity index (χ2v) is 4.05. The summed E-state index contributed by atoms with van der Waals surface area (Å²) in [5.41, 5.74) is 2.17. The Hall–Kier alpha value is -0.930. The largest absolute Gasteiger partial charge is 0.409 e. The van der Waals surface area contributed by atoms with E-state index >= 15 is 0 Å². The Morgan fingerprint density at radius 2 is 2.07 bits per heavy atom. The second kappa shape index (κ2) is 4.29. The van der Waals surface area contributed by atoms with Crippen molar-refractivity contribution in [1.29, 1.82) is 0 Å². The number of nitrogens with zero attached hydrogens (tertiary/aromatic N) is 1. The lowest BCUT2D eigenvalue weighted by Crippen LogP contribution is -1.88. The Labute approximate surface area is 97.3 Å². The molecule has 2 nitrogen and oxygen atoms in total. The molecule has 0 saturated heterocycles. The van der Waals surface area contributed by atoms with Crippen LogP contribution in [0.3, 0.4) is 0 Å². The van der Waals surface area contributed by atoms with Crippen LogP contribution in [0.4, 0.5) is 0 Å². The molecule has 0 N–H and O–H groups in total. The fourth-order valence-electron chi connectivity index (χ4n) is 1.59. The smallest absolute Gasteiger partial charge is 0.166 e. The van der Waals surface area contributed by atoms with Gasteiger partial charge in [-0.15, -0.1) is 0 Å². The number of benzene rings is 1. The van der Waals surface area contributed by atoms with Crippen LogP contribution in [0.2, 0.25) is 0 Å². The van der Waals surface area contributed by atoms with E-state index in [0.717, 1.165) is 28.1 Å². The molecule has 2 aromatic rings. The highest BCUT2D eigenvalue weighted by Crippen LogP contribution is 2.27. The molecule has 0 aliphatic carbocycles. The van der Waals surface area contributed by atoms with Crippen molar-refractivity contribution < 1.29 is 4.18 Å². The van der Waals surface area contributed by atoms with Crippen molar-refractivity contribution in [2.75, 3.05) is 0 Å². The average Bonchev–Trinajstić information content (AvgIpc) is 2.24. The number of fused-ring (bicyclic) bond motifs is 1. The van der Waals surface area contributed by atoms with Gasteiger partial charge >= 0.3 is 0 Å². The van der Waals surface area contributed by atoms with Gasteiger partial charge in [0.2, 0.25) is 0 Å². The predicted molar refractivity (Wildman–Crippen MR) is 65.3 cm³/mol. The zero-order valence-electron chi connectivity index (χ0n) is 8.45. The Bertz CT molecular complexity index is 501. The van der Waals surface area contributed by atoms with Crippen LogP contribution < -0.4 is 4.18 Å². The minimum atomic E-state index is 0.748. The fourth-order valence-corrected chi connectivity index (χ4v) is 1.98. The molecule has 0 bridgehead atoms. The first kappa shape index (κ1) is 10.6. The number of aromatic nitrogens is 1. The first-order valence-electron chi connectivity index (χ1n) is 4.53. The summed E-state index contributed by atoms with van der Waals surface area (Å²) >= 11 is 0.825. The van der Waals surface area contributed by atoms with Gasteiger partial charge < -0.3 is 4.18 Å². The summed E-state index contributed by atoms with van der Waals surface area (Å²) < 4.78 is 5.16. The van der Waals surface area contributed by atoms with E-state index < -0.39 is 0 Å². The molecule has 0 fully saturated rings. The van der Waals surface area contributed by atoms with Gasteiger partial charge in [0, 0.05) is 28.0 Å². The molecule has 1 heterocycles. The van der Waals surface area contributed by atoms with E-state index in [2.05, 4.69) is 4.98 Å². The monoisotopic (exact) mass is 239 g/mol. The molecule has 15 heavy (non-hydrogen) atoms. The van der Waals surface area contributed by atoms with Crippen molar-refractivity contribution in [1.82, 2.24) is 4.98 Å². The maximum atomic E-state index is 5.44. The Balaban J connectivity index is 2.65. The Morgan fingerprint density at radius 3 is 2.80 bits per heavy atom. The van der Waals surface area contributed by atoms with Crippen LogP contribution in [0.15, 0.2) is 24.4 Å². The highest BCUT2D eigenvalue weighted by atomic mass is 35.7. The van der Waals surface area contributed by atoms with Gasteiger partial charge in [-0.25, -0.2) is 0 Å². The topological polar surface area (TPSA) is 22.1 Å². The van der Waals surface area contributed by atoms with Gasteiger partial charge in [0.25, 0.3) is 0 Å². The molecule has 0 atom stereocenters. The lowest BCUT2D eigenvalue weighted by Gasteiger charge is -2.06. The van der Waals surface area contributed by atoms with Crippen LogP contribution in [0.5, 0.6) is 5.75 Å². The van der Waals surface area contributed by atoms with E-state index in [1.54, 1.807) is 0 Å². The molecule has 0 saturated carbocycles. The van der Waals surface area contributed by atoms with Gasteiger partial charge in [-0.05, 0) is 36.9 Å². The van der Waals surface area contributed by atoms with E-state index in [1.807, 2.05) is 38.2 Å². The number of hydrogen-bond donors (Lipinski definition) is 0. The summed E-state index contributed by atoms with van der Waals surface area (Å²) in [7, 11) is 5.44. The van der Waals surface area contributed by atoms with Crippen molar-refractivity contribution >= 4 is 32.7 Å². The minimum absolute atomic E-state index is 0.748. The van der Waals surface area contributed by atoms with Gasteiger partial charge in [-0.3, -0.25) is 4.98 Å². The molecule has 4 heteroatoms. The molecular formula is C11H10ClNOS. The zero-order valence-corrected chi connectivity index (χ0v) is 10.0. The van der Waals surface area contributed by atoms with Crippen molar-refractivity contribution in [2.45, 2.75) is 13.8 Å². The summed E-state index contributed by atoms with van der Waals surface area (Å²) in [5.74, 6) is 0.748. The van der Waals surface area contributed by atoms with Gasteiger partial charge in [-0.2, -0.15) is 0 Å². The predicted octanol–water partition coefficient (Wildman–Crippen LogP) is 4.03.